The van der Waals surface area contributed by atoms with Crippen molar-refractivity contribution in [1.29, 1.82) is 0 Å². The molecule has 1 aliphatic rings. The lowest BCUT2D eigenvalue weighted by atomic mass is 10.1. The molecule has 0 spiro atoms. The number of methoxy groups -OCH3 is 1. The van der Waals surface area contributed by atoms with Gasteiger partial charge < -0.3 is 25.7 Å². The van der Waals surface area contributed by atoms with Crippen LogP contribution in [0.5, 0.6) is 5.75 Å². The van der Waals surface area contributed by atoms with Gasteiger partial charge in [0.05, 0.1) is 36.0 Å². The molecule has 3 aromatic rings. The lowest BCUT2D eigenvalue weighted by Crippen LogP contribution is -2.35. The SMILES string of the molecule is CCN(CC)CCNC(=O)c1c(C)[nH]c(/C=C2\C(=O)N(Cc3ncc(C)c(OC)c3C)c3nc(N)nc(Cl)c32)c1C. The van der Waals surface area contributed by atoms with Crippen LogP contribution >= 0.6 is 11.6 Å². The fourth-order valence-corrected chi connectivity index (χ4v) is 5.51. The summed E-state index contributed by atoms with van der Waals surface area (Å²) in [7, 11) is 1.60. The summed E-state index contributed by atoms with van der Waals surface area (Å²) in [5.41, 5.74) is 11.5. The van der Waals surface area contributed by atoms with Gasteiger partial charge in [-0.2, -0.15) is 4.98 Å². The molecule has 0 saturated heterocycles. The van der Waals surface area contributed by atoms with Crippen LogP contribution in [0.15, 0.2) is 6.20 Å². The number of H-pyrrole nitrogens is 1. The summed E-state index contributed by atoms with van der Waals surface area (Å²) >= 11 is 6.54. The van der Waals surface area contributed by atoms with E-state index in [1.165, 1.54) is 4.90 Å². The Hall–Kier alpha value is -3.96. The van der Waals surface area contributed by atoms with Gasteiger partial charge in [0.1, 0.15) is 10.9 Å². The Bertz CT molecular complexity index is 1530. The van der Waals surface area contributed by atoms with Crippen LogP contribution in [-0.4, -0.2) is 69.9 Å². The molecule has 218 valence electrons. The Balaban J connectivity index is 1.70. The standard InChI is InChI=1S/C29H37ClN8O3/c1-8-37(9-2)11-10-32-27(39)22-16(4)20(34-18(22)6)12-19-23-25(30)35-29(31)36-26(23)38(28(19)40)14-21-17(5)24(41-7)15(3)13-33-21/h12-13,34H,8-11,14H2,1-7H3,(H,32,39)(H2,31,35,36)/b19-12-. The molecule has 0 unspecified atom stereocenters. The number of hydrogen-bond acceptors (Lipinski definition) is 8. The fraction of sp³-hybridized carbons (Fsp3) is 0.414. The summed E-state index contributed by atoms with van der Waals surface area (Å²) in [6, 6.07) is 0. The van der Waals surface area contributed by atoms with Crippen molar-refractivity contribution in [2.24, 2.45) is 0 Å². The summed E-state index contributed by atoms with van der Waals surface area (Å²) in [6.07, 6.45) is 3.40. The quantitative estimate of drug-likeness (QED) is 0.242. The van der Waals surface area contributed by atoms with Gasteiger partial charge in [-0.15, -0.1) is 0 Å². The summed E-state index contributed by atoms with van der Waals surface area (Å²) in [5.74, 6) is 0.457. The number of rotatable bonds is 10. The van der Waals surface area contributed by atoms with Crippen LogP contribution in [0.1, 0.15) is 63.5 Å². The first-order valence-electron chi connectivity index (χ1n) is 13.6. The van der Waals surface area contributed by atoms with E-state index in [2.05, 4.69) is 44.0 Å². The largest absolute Gasteiger partial charge is 0.496 e. The van der Waals surface area contributed by atoms with Crippen LogP contribution in [0.25, 0.3) is 11.6 Å². The predicted molar refractivity (Wildman–Crippen MR) is 161 cm³/mol. The van der Waals surface area contributed by atoms with Crippen LogP contribution in [0.4, 0.5) is 11.8 Å². The van der Waals surface area contributed by atoms with Gasteiger partial charge in [-0.1, -0.05) is 25.4 Å². The molecule has 4 N–H and O–H groups in total. The van der Waals surface area contributed by atoms with Gasteiger partial charge >= 0.3 is 0 Å². The van der Waals surface area contributed by atoms with Crippen molar-refractivity contribution in [3.63, 3.8) is 0 Å². The molecule has 0 bridgehead atoms. The van der Waals surface area contributed by atoms with Gasteiger partial charge in [0.15, 0.2) is 5.82 Å². The molecular weight excluding hydrogens is 544 g/mol. The number of likely N-dealkylation sites (N-methyl/N-ethyl adjacent to an activating group) is 1. The second-order valence-corrected chi connectivity index (χ2v) is 10.4. The molecule has 0 aromatic carbocycles. The topological polar surface area (TPSA) is 142 Å². The second-order valence-electron chi connectivity index (χ2n) is 10.0. The molecular formula is C29H37ClN8O3. The molecule has 4 rings (SSSR count). The number of halogens is 1. The number of nitrogen functional groups attached to an aromatic ring is 1. The maximum atomic E-state index is 13.9. The number of carbonyl (C=O) groups excluding carboxylic acids is 2. The molecule has 3 aromatic heterocycles. The first-order valence-corrected chi connectivity index (χ1v) is 14.0. The van der Waals surface area contributed by atoms with Crippen LogP contribution < -0.4 is 20.7 Å². The smallest absolute Gasteiger partial charge is 0.260 e. The number of aryl methyl sites for hydroxylation is 2. The highest BCUT2D eigenvalue weighted by Gasteiger charge is 2.38. The van der Waals surface area contributed by atoms with Gasteiger partial charge in [0.2, 0.25) is 5.95 Å². The first kappa shape index (κ1) is 30.0. The minimum absolute atomic E-state index is 0.0467. The van der Waals surface area contributed by atoms with Crippen LogP contribution in [0.3, 0.4) is 0 Å². The zero-order chi connectivity index (χ0) is 30.0. The van der Waals surface area contributed by atoms with Crippen molar-refractivity contribution in [2.75, 3.05) is 43.9 Å². The minimum atomic E-state index is -0.334. The van der Waals surface area contributed by atoms with E-state index >= 15 is 0 Å². The molecule has 11 nitrogen and oxygen atoms in total. The lowest BCUT2D eigenvalue weighted by molar-refractivity contribution is -0.113. The molecule has 41 heavy (non-hydrogen) atoms. The summed E-state index contributed by atoms with van der Waals surface area (Å²) in [4.78, 5) is 47.0. The molecule has 2 amide bonds. The first-order chi connectivity index (χ1) is 19.5. The minimum Gasteiger partial charge on any atom is -0.496 e. The van der Waals surface area contributed by atoms with E-state index in [1.54, 1.807) is 19.4 Å². The zero-order valence-corrected chi connectivity index (χ0v) is 25.4. The number of nitrogens with two attached hydrogens (primary N) is 1. The third-order valence-electron chi connectivity index (χ3n) is 7.52. The fourth-order valence-electron chi connectivity index (χ4n) is 5.23. The van der Waals surface area contributed by atoms with E-state index < -0.39 is 0 Å². The normalized spacial score (nSPS) is 13.8. The number of aromatic amines is 1. The number of amides is 2. The Labute approximate surface area is 245 Å². The number of pyridine rings is 1. The van der Waals surface area contributed by atoms with Crippen LogP contribution in [-0.2, 0) is 11.3 Å². The number of carbonyl (C=O) groups is 2. The maximum Gasteiger partial charge on any atom is 0.260 e. The van der Waals surface area contributed by atoms with Crippen molar-refractivity contribution in [3.05, 3.63) is 56.2 Å². The number of nitrogens with zero attached hydrogens (tertiary/aromatic N) is 5. The maximum absolute atomic E-state index is 13.9. The van der Waals surface area contributed by atoms with Gasteiger partial charge in [-0.3, -0.25) is 19.5 Å². The number of anilines is 2. The van der Waals surface area contributed by atoms with Crippen molar-refractivity contribution >= 4 is 46.8 Å². The molecule has 12 heteroatoms. The highest BCUT2D eigenvalue weighted by atomic mass is 35.5. The van der Waals surface area contributed by atoms with Crippen molar-refractivity contribution in [3.8, 4) is 5.75 Å². The Morgan fingerprint density at radius 1 is 1.20 bits per heavy atom. The summed E-state index contributed by atoms with van der Waals surface area (Å²) < 4.78 is 5.55. The highest BCUT2D eigenvalue weighted by Crippen LogP contribution is 2.42. The van der Waals surface area contributed by atoms with Gasteiger partial charge in [-0.05, 0) is 52.4 Å². The molecule has 4 heterocycles. The lowest BCUT2D eigenvalue weighted by Gasteiger charge is -2.19. The third-order valence-corrected chi connectivity index (χ3v) is 7.79. The van der Waals surface area contributed by atoms with E-state index in [9.17, 15) is 9.59 Å². The average Bonchev–Trinajstić information content (AvgIpc) is 3.35. The van der Waals surface area contributed by atoms with Crippen LogP contribution in [0.2, 0.25) is 5.15 Å². The zero-order valence-electron chi connectivity index (χ0n) is 24.6. The molecule has 0 saturated carbocycles. The number of hydrogen-bond donors (Lipinski definition) is 3. The van der Waals surface area contributed by atoms with E-state index in [1.807, 2.05) is 27.7 Å². The summed E-state index contributed by atoms with van der Waals surface area (Å²) in [6.45, 7) is 14.9. The van der Waals surface area contributed by atoms with E-state index in [-0.39, 0.29) is 29.5 Å². The van der Waals surface area contributed by atoms with Crippen LogP contribution in [0, 0.1) is 27.7 Å². The Morgan fingerprint density at radius 2 is 1.90 bits per heavy atom. The molecule has 0 fully saturated rings. The number of aromatic nitrogens is 4. The van der Waals surface area contributed by atoms with Crippen molar-refractivity contribution in [1.82, 2.24) is 30.2 Å². The summed E-state index contributed by atoms with van der Waals surface area (Å²) in [5, 5.41) is 3.08. The number of nitrogens with one attached hydrogen (secondary N) is 2. The van der Waals surface area contributed by atoms with E-state index in [0.717, 1.165) is 36.3 Å². The third kappa shape index (κ3) is 5.77. The molecule has 0 atom stereocenters. The van der Waals surface area contributed by atoms with E-state index in [0.29, 0.717) is 51.9 Å². The van der Waals surface area contributed by atoms with Crippen molar-refractivity contribution in [2.45, 2.75) is 48.1 Å². The molecule has 1 aliphatic heterocycles. The van der Waals surface area contributed by atoms with Crippen molar-refractivity contribution < 1.29 is 14.3 Å². The van der Waals surface area contributed by atoms with Gasteiger partial charge in [0, 0.05) is 41.8 Å². The molecule has 0 aliphatic carbocycles. The highest BCUT2D eigenvalue weighted by molar-refractivity contribution is 6.41. The number of ether oxygens (including phenoxy) is 1. The van der Waals surface area contributed by atoms with Gasteiger partial charge in [0.25, 0.3) is 11.8 Å². The average molecular weight is 581 g/mol. The second kappa shape index (κ2) is 12.3. The Morgan fingerprint density at radius 3 is 2.56 bits per heavy atom. The number of fused-ring (bicyclic) bond motifs is 1. The molecule has 0 radical (unpaired) electrons. The predicted octanol–water partition coefficient (Wildman–Crippen LogP) is 3.84. The Kier molecular flexibility index (Phi) is 8.98. The van der Waals surface area contributed by atoms with Gasteiger partial charge in [-0.25, -0.2) is 4.98 Å². The van der Waals surface area contributed by atoms with E-state index in [4.69, 9.17) is 22.1 Å². The monoisotopic (exact) mass is 580 g/mol.